The summed E-state index contributed by atoms with van der Waals surface area (Å²) in [5.41, 5.74) is 5.55. The lowest BCUT2D eigenvalue weighted by Crippen LogP contribution is -2.50. The van der Waals surface area contributed by atoms with Crippen molar-refractivity contribution in [1.29, 1.82) is 0 Å². The molecular weight excluding hydrogens is 178 g/mol. The third-order valence-electron chi connectivity index (χ3n) is 2.73. The van der Waals surface area contributed by atoms with Crippen LogP contribution in [-0.2, 0) is 0 Å². The molecule has 1 saturated heterocycles. The van der Waals surface area contributed by atoms with Crippen molar-refractivity contribution in [2.75, 3.05) is 39.3 Å². The molecule has 0 spiro atoms. The molecule has 4 nitrogen and oxygen atoms in total. The van der Waals surface area contributed by atoms with Crippen LogP contribution in [0.1, 0.15) is 13.3 Å². The quantitative estimate of drug-likeness (QED) is 0.547. The van der Waals surface area contributed by atoms with E-state index in [0.717, 1.165) is 32.1 Å². The van der Waals surface area contributed by atoms with Crippen molar-refractivity contribution in [2.24, 2.45) is 11.7 Å². The summed E-state index contributed by atoms with van der Waals surface area (Å²) in [6.45, 7) is 7.16. The molecule has 0 amide bonds. The Kier molecular flexibility index (Phi) is 5.40. The van der Waals surface area contributed by atoms with Crippen LogP contribution in [0.2, 0.25) is 0 Å². The smallest absolute Gasteiger partial charge is 0.0556 e. The lowest BCUT2D eigenvalue weighted by Gasteiger charge is -2.36. The van der Waals surface area contributed by atoms with E-state index in [4.69, 9.17) is 10.8 Å². The molecule has 1 aliphatic heterocycles. The number of nitrogens with two attached hydrogens (primary N) is 1. The van der Waals surface area contributed by atoms with Gasteiger partial charge in [-0.3, -0.25) is 0 Å². The largest absolute Gasteiger partial charge is 0.395 e. The molecular formula is C10H23N3O. The fourth-order valence-corrected chi connectivity index (χ4v) is 2.24. The second-order valence-electron chi connectivity index (χ2n) is 4.26. The van der Waals surface area contributed by atoms with Crippen LogP contribution in [0.25, 0.3) is 0 Å². The number of likely N-dealkylation sites (tertiary alicyclic amines) is 1. The molecule has 0 saturated carbocycles. The van der Waals surface area contributed by atoms with Crippen LogP contribution in [0.5, 0.6) is 0 Å². The first-order valence-corrected chi connectivity index (χ1v) is 5.53. The Labute approximate surface area is 86.5 Å². The second-order valence-corrected chi connectivity index (χ2v) is 4.26. The van der Waals surface area contributed by atoms with Crippen LogP contribution in [0.4, 0.5) is 0 Å². The van der Waals surface area contributed by atoms with Gasteiger partial charge in [0.2, 0.25) is 0 Å². The minimum atomic E-state index is 0.224. The molecule has 1 heterocycles. The predicted molar refractivity (Wildman–Crippen MR) is 58.2 cm³/mol. The van der Waals surface area contributed by atoms with E-state index in [1.165, 1.54) is 6.42 Å². The van der Waals surface area contributed by atoms with Crippen molar-refractivity contribution >= 4 is 0 Å². The topological polar surface area (TPSA) is 61.5 Å². The first-order chi connectivity index (χ1) is 6.76. The van der Waals surface area contributed by atoms with Gasteiger partial charge in [-0.05, 0) is 12.3 Å². The third-order valence-corrected chi connectivity index (χ3v) is 2.73. The van der Waals surface area contributed by atoms with E-state index in [1.54, 1.807) is 0 Å². The molecule has 84 valence electrons. The third kappa shape index (κ3) is 3.92. The summed E-state index contributed by atoms with van der Waals surface area (Å²) in [5, 5.41) is 12.1. The Hall–Kier alpha value is -0.160. The SMILES string of the molecule is CC1CC(NCCO)CN(CCN)C1. The minimum absolute atomic E-state index is 0.224. The number of rotatable bonds is 5. The molecule has 1 fully saturated rings. The molecule has 4 N–H and O–H groups in total. The highest BCUT2D eigenvalue weighted by atomic mass is 16.3. The van der Waals surface area contributed by atoms with Crippen LogP contribution in [0.15, 0.2) is 0 Å². The van der Waals surface area contributed by atoms with E-state index in [-0.39, 0.29) is 6.61 Å². The van der Waals surface area contributed by atoms with Crippen molar-refractivity contribution < 1.29 is 5.11 Å². The fraction of sp³-hybridized carbons (Fsp3) is 1.00. The Morgan fingerprint density at radius 1 is 1.50 bits per heavy atom. The standard InChI is InChI=1S/C10H23N3O/c1-9-6-10(12-3-5-14)8-13(7-9)4-2-11/h9-10,12,14H,2-8,11H2,1H3. The summed E-state index contributed by atoms with van der Waals surface area (Å²) in [7, 11) is 0. The molecule has 0 aromatic heterocycles. The van der Waals surface area contributed by atoms with E-state index in [0.29, 0.717) is 12.6 Å². The van der Waals surface area contributed by atoms with E-state index >= 15 is 0 Å². The van der Waals surface area contributed by atoms with Crippen molar-refractivity contribution in [3.63, 3.8) is 0 Å². The van der Waals surface area contributed by atoms with Crippen LogP contribution in [0, 0.1) is 5.92 Å². The summed E-state index contributed by atoms with van der Waals surface area (Å²) in [5.74, 6) is 0.728. The van der Waals surface area contributed by atoms with Gasteiger partial charge in [-0.25, -0.2) is 0 Å². The molecule has 0 aromatic carbocycles. The maximum atomic E-state index is 8.74. The number of nitrogens with one attached hydrogen (secondary N) is 1. The maximum absolute atomic E-state index is 8.74. The van der Waals surface area contributed by atoms with Crippen LogP contribution < -0.4 is 11.1 Å². The number of hydrogen-bond donors (Lipinski definition) is 3. The molecule has 0 bridgehead atoms. The van der Waals surface area contributed by atoms with E-state index < -0.39 is 0 Å². The average molecular weight is 201 g/mol. The van der Waals surface area contributed by atoms with Crippen LogP contribution in [0.3, 0.4) is 0 Å². The fourth-order valence-electron chi connectivity index (χ4n) is 2.24. The maximum Gasteiger partial charge on any atom is 0.0556 e. The van der Waals surface area contributed by atoms with Gasteiger partial charge in [0, 0.05) is 38.8 Å². The summed E-state index contributed by atoms with van der Waals surface area (Å²) >= 11 is 0. The summed E-state index contributed by atoms with van der Waals surface area (Å²) in [4.78, 5) is 2.41. The van der Waals surface area contributed by atoms with Gasteiger partial charge in [0.25, 0.3) is 0 Å². The highest BCUT2D eigenvalue weighted by Gasteiger charge is 2.23. The molecule has 0 radical (unpaired) electrons. The number of piperidine rings is 1. The Morgan fingerprint density at radius 2 is 2.29 bits per heavy atom. The highest BCUT2D eigenvalue weighted by Crippen LogP contribution is 2.15. The zero-order chi connectivity index (χ0) is 10.4. The normalized spacial score (nSPS) is 29.4. The molecule has 14 heavy (non-hydrogen) atoms. The summed E-state index contributed by atoms with van der Waals surface area (Å²) in [6, 6.07) is 0.525. The first kappa shape index (κ1) is 11.9. The Balaban J connectivity index is 2.29. The lowest BCUT2D eigenvalue weighted by atomic mass is 9.96. The number of hydrogen-bond acceptors (Lipinski definition) is 4. The molecule has 2 atom stereocenters. The zero-order valence-electron chi connectivity index (χ0n) is 9.08. The summed E-state index contributed by atoms with van der Waals surface area (Å²) in [6.07, 6.45) is 1.21. The predicted octanol–water partition coefficient (Wildman–Crippen LogP) is -0.763. The lowest BCUT2D eigenvalue weighted by molar-refractivity contribution is 0.148. The molecule has 0 aromatic rings. The summed E-state index contributed by atoms with van der Waals surface area (Å²) < 4.78 is 0. The van der Waals surface area contributed by atoms with E-state index in [1.807, 2.05) is 0 Å². The van der Waals surface area contributed by atoms with Crippen molar-refractivity contribution in [3.05, 3.63) is 0 Å². The monoisotopic (exact) mass is 201 g/mol. The van der Waals surface area contributed by atoms with Gasteiger partial charge in [0.05, 0.1) is 6.61 Å². The molecule has 4 heteroatoms. The van der Waals surface area contributed by atoms with Crippen molar-refractivity contribution in [1.82, 2.24) is 10.2 Å². The molecule has 1 aliphatic rings. The number of aliphatic hydroxyl groups is 1. The number of nitrogens with zero attached hydrogens (tertiary/aromatic N) is 1. The van der Waals surface area contributed by atoms with E-state index in [2.05, 4.69) is 17.1 Å². The van der Waals surface area contributed by atoms with E-state index in [9.17, 15) is 0 Å². The molecule has 0 aliphatic carbocycles. The van der Waals surface area contributed by atoms with Gasteiger partial charge >= 0.3 is 0 Å². The Morgan fingerprint density at radius 3 is 2.93 bits per heavy atom. The Bertz CT molecular complexity index is 154. The average Bonchev–Trinajstić information content (AvgIpc) is 2.14. The zero-order valence-corrected chi connectivity index (χ0v) is 9.08. The van der Waals surface area contributed by atoms with Gasteiger partial charge in [-0.2, -0.15) is 0 Å². The second kappa shape index (κ2) is 6.35. The van der Waals surface area contributed by atoms with Crippen LogP contribution >= 0.6 is 0 Å². The van der Waals surface area contributed by atoms with Gasteiger partial charge in [-0.15, -0.1) is 0 Å². The minimum Gasteiger partial charge on any atom is -0.395 e. The van der Waals surface area contributed by atoms with Crippen molar-refractivity contribution in [3.8, 4) is 0 Å². The molecule has 2 unspecified atom stereocenters. The van der Waals surface area contributed by atoms with Gasteiger partial charge in [0.15, 0.2) is 0 Å². The van der Waals surface area contributed by atoms with Crippen LogP contribution in [-0.4, -0.2) is 55.4 Å². The van der Waals surface area contributed by atoms with Gasteiger partial charge in [-0.1, -0.05) is 6.92 Å². The van der Waals surface area contributed by atoms with Gasteiger partial charge in [0.1, 0.15) is 0 Å². The van der Waals surface area contributed by atoms with Gasteiger partial charge < -0.3 is 21.1 Å². The number of aliphatic hydroxyl groups excluding tert-OH is 1. The highest BCUT2D eigenvalue weighted by molar-refractivity contribution is 4.81. The van der Waals surface area contributed by atoms with Crippen molar-refractivity contribution in [2.45, 2.75) is 19.4 Å². The first-order valence-electron chi connectivity index (χ1n) is 5.53. The molecule has 1 rings (SSSR count).